The molecule has 0 spiro atoms. The van der Waals surface area contributed by atoms with Crippen molar-refractivity contribution in [1.29, 1.82) is 0 Å². The summed E-state index contributed by atoms with van der Waals surface area (Å²) in [7, 11) is -3.90. The Morgan fingerprint density at radius 3 is 2.38 bits per heavy atom. The molecule has 0 bridgehead atoms. The second kappa shape index (κ2) is 11.9. The maximum absolute atomic E-state index is 15.2. The van der Waals surface area contributed by atoms with Gasteiger partial charge in [0.15, 0.2) is 21.5 Å². The van der Waals surface area contributed by atoms with E-state index in [4.69, 9.17) is 4.74 Å². The maximum atomic E-state index is 15.2. The van der Waals surface area contributed by atoms with Crippen molar-refractivity contribution in [3.63, 3.8) is 0 Å². The molecule has 3 aromatic rings. The SMILES string of the molecule is C=CC[C@H](C)c1nnc(CS(=O)(=O)[C@@H](C)[C@@H](OC(C)C)c2ncc(C)cn2)n1-c1c(F)cccc1C=C. The standard InChI is InChI=1S/C27H34FN5O3S/c1-8-11-19(6)27-32-31-23(33(27)24-21(9-2)12-10-13-22(24)28)16-37(34,35)20(7)25(36-17(3)4)26-29-14-18(5)15-30-26/h8-10,12-15,17,19-20,25H,1-2,11,16H2,3-7H3/t19-,20-,25+/m0/s1. The normalized spacial score (nSPS) is 14.4. The molecule has 0 radical (unpaired) electrons. The van der Waals surface area contributed by atoms with Gasteiger partial charge in [0.05, 0.1) is 17.0 Å². The molecule has 0 aliphatic rings. The number of rotatable bonds is 12. The molecule has 0 aliphatic heterocycles. The summed E-state index contributed by atoms with van der Waals surface area (Å²) in [4.78, 5) is 8.63. The largest absolute Gasteiger partial charge is 0.366 e. The molecule has 1 aromatic carbocycles. The smallest absolute Gasteiger partial charge is 0.163 e. The molecule has 10 heteroatoms. The fraction of sp³-hybridized carbons (Fsp3) is 0.407. The van der Waals surface area contributed by atoms with Gasteiger partial charge in [-0.05, 0) is 45.7 Å². The van der Waals surface area contributed by atoms with E-state index in [1.54, 1.807) is 37.5 Å². The van der Waals surface area contributed by atoms with Crippen molar-refractivity contribution in [1.82, 2.24) is 24.7 Å². The Morgan fingerprint density at radius 1 is 1.11 bits per heavy atom. The zero-order valence-corrected chi connectivity index (χ0v) is 22.7. The lowest BCUT2D eigenvalue weighted by Gasteiger charge is -2.25. The predicted octanol–water partition coefficient (Wildman–Crippen LogP) is 5.30. The second-order valence-electron chi connectivity index (χ2n) is 9.35. The first kappa shape index (κ1) is 28.3. The Kier molecular flexibility index (Phi) is 9.09. The van der Waals surface area contributed by atoms with Crippen LogP contribution in [0.2, 0.25) is 0 Å². The van der Waals surface area contributed by atoms with Gasteiger partial charge in [0.2, 0.25) is 0 Å². The summed E-state index contributed by atoms with van der Waals surface area (Å²) >= 11 is 0. The third-order valence-corrected chi connectivity index (χ3v) is 8.02. The molecule has 0 aliphatic carbocycles. The van der Waals surface area contributed by atoms with Crippen molar-refractivity contribution < 1.29 is 17.5 Å². The van der Waals surface area contributed by atoms with E-state index in [1.165, 1.54) is 16.7 Å². The van der Waals surface area contributed by atoms with Gasteiger partial charge in [-0.25, -0.2) is 22.8 Å². The maximum Gasteiger partial charge on any atom is 0.163 e. The van der Waals surface area contributed by atoms with E-state index in [2.05, 4.69) is 33.3 Å². The molecule has 2 aromatic heterocycles. The van der Waals surface area contributed by atoms with Crippen molar-refractivity contribution in [2.24, 2.45) is 0 Å². The summed E-state index contributed by atoms with van der Waals surface area (Å²) in [6.45, 7) is 16.5. The van der Waals surface area contributed by atoms with Gasteiger partial charge in [0.1, 0.15) is 23.5 Å². The van der Waals surface area contributed by atoms with Gasteiger partial charge in [-0.1, -0.05) is 37.8 Å². The number of aryl methyl sites for hydroxylation is 1. The highest BCUT2D eigenvalue weighted by atomic mass is 32.2. The molecule has 3 rings (SSSR count). The van der Waals surface area contributed by atoms with Crippen LogP contribution >= 0.6 is 0 Å². The average molecular weight is 528 g/mol. The Balaban J connectivity index is 2.10. The van der Waals surface area contributed by atoms with Crippen molar-refractivity contribution in [2.75, 3.05) is 0 Å². The fourth-order valence-electron chi connectivity index (χ4n) is 4.00. The van der Waals surface area contributed by atoms with Gasteiger partial charge in [-0.3, -0.25) is 4.57 Å². The van der Waals surface area contributed by atoms with Crippen LogP contribution in [0.25, 0.3) is 11.8 Å². The minimum Gasteiger partial charge on any atom is -0.366 e. The van der Waals surface area contributed by atoms with Crippen LogP contribution in [0.5, 0.6) is 0 Å². The van der Waals surface area contributed by atoms with Gasteiger partial charge >= 0.3 is 0 Å². The van der Waals surface area contributed by atoms with E-state index in [0.29, 0.717) is 17.8 Å². The van der Waals surface area contributed by atoms with Crippen LogP contribution in [0.4, 0.5) is 4.39 Å². The lowest BCUT2D eigenvalue weighted by molar-refractivity contribution is 0.00141. The molecule has 2 heterocycles. The van der Waals surface area contributed by atoms with Gasteiger partial charge in [-0.15, -0.1) is 16.8 Å². The Labute approximate surface area is 218 Å². The van der Waals surface area contributed by atoms with Gasteiger partial charge < -0.3 is 4.74 Å². The van der Waals surface area contributed by atoms with Gasteiger partial charge in [0, 0.05) is 23.9 Å². The zero-order chi connectivity index (χ0) is 27.3. The molecule has 0 amide bonds. The third-order valence-electron chi connectivity index (χ3n) is 5.97. The summed E-state index contributed by atoms with van der Waals surface area (Å²) in [5.41, 5.74) is 1.50. The van der Waals surface area contributed by atoms with Crippen LogP contribution in [0.1, 0.15) is 74.7 Å². The molecule has 0 saturated heterocycles. The zero-order valence-electron chi connectivity index (χ0n) is 21.9. The summed E-state index contributed by atoms with van der Waals surface area (Å²) in [5.74, 6) is -0.405. The van der Waals surface area contributed by atoms with Crippen LogP contribution in [0.3, 0.4) is 0 Å². The van der Waals surface area contributed by atoms with Crippen LogP contribution in [-0.4, -0.2) is 44.5 Å². The highest BCUT2D eigenvalue weighted by Crippen LogP contribution is 2.31. The molecule has 8 nitrogen and oxygen atoms in total. The number of sulfone groups is 1. The third kappa shape index (κ3) is 6.37. The highest BCUT2D eigenvalue weighted by Gasteiger charge is 2.36. The molecule has 0 fully saturated rings. The van der Waals surface area contributed by atoms with Crippen molar-refractivity contribution >= 4 is 15.9 Å². The first-order valence-electron chi connectivity index (χ1n) is 12.1. The number of allylic oxidation sites excluding steroid dienone is 1. The minimum absolute atomic E-state index is 0.0964. The van der Waals surface area contributed by atoms with E-state index in [9.17, 15) is 8.42 Å². The average Bonchev–Trinajstić information content (AvgIpc) is 3.24. The monoisotopic (exact) mass is 527 g/mol. The van der Waals surface area contributed by atoms with Crippen molar-refractivity contribution in [3.05, 3.63) is 84.2 Å². The van der Waals surface area contributed by atoms with E-state index in [0.717, 1.165) is 5.56 Å². The van der Waals surface area contributed by atoms with E-state index < -0.39 is 32.8 Å². The lowest BCUT2D eigenvalue weighted by Crippen LogP contribution is -2.32. The van der Waals surface area contributed by atoms with Crippen LogP contribution in [0.15, 0.2) is 49.8 Å². The molecular weight excluding hydrogens is 493 g/mol. The molecule has 0 unspecified atom stereocenters. The van der Waals surface area contributed by atoms with Crippen LogP contribution < -0.4 is 0 Å². The molecule has 198 valence electrons. The minimum atomic E-state index is -3.90. The number of hydrogen-bond donors (Lipinski definition) is 0. The van der Waals surface area contributed by atoms with E-state index >= 15 is 4.39 Å². The number of aromatic nitrogens is 5. The predicted molar refractivity (Wildman–Crippen MR) is 142 cm³/mol. The van der Waals surface area contributed by atoms with Crippen LogP contribution in [0, 0.1) is 12.7 Å². The Morgan fingerprint density at radius 2 is 1.78 bits per heavy atom. The first-order valence-corrected chi connectivity index (χ1v) is 13.8. The molecular formula is C27H34FN5O3S. The number of nitrogens with zero attached hydrogens (tertiary/aromatic N) is 5. The highest BCUT2D eigenvalue weighted by molar-refractivity contribution is 7.91. The topological polar surface area (TPSA) is 99.9 Å². The van der Waals surface area contributed by atoms with Gasteiger partial charge in [-0.2, -0.15) is 0 Å². The lowest BCUT2D eigenvalue weighted by atomic mass is 10.1. The first-order chi connectivity index (χ1) is 17.5. The summed E-state index contributed by atoms with van der Waals surface area (Å²) < 4.78 is 50.2. The fourth-order valence-corrected chi connectivity index (χ4v) is 5.37. The number of halogens is 1. The van der Waals surface area contributed by atoms with Crippen molar-refractivity contribution in [2.45, 2.75) is 70.2 Å². The summed E-state index contributed by atoms with van der Waals surface area (Å²) in [6, 6.07) is 4.59. The molecule has 0 N–H and O–H groups in total. The Hall–Kier alpha value is -3.24. The number of para-hydroxylation sites is 1. The molecule has 37 heavy (non-hydrogen) atoms. The number of ether oxygens (including phenoxy) is 1. The molecule has 3 atom stereocenters. The van der Waals surface area contributed by atoms with E-state index in [-0.39, 0.29) is 29.4 Å². The Bertz CT molecular complexity index is 1350. The van der Waals surface area contributed by atoms with Gasteiger partial charge in [0.25, 0.3) is 0 Å². The second-order valence-corrected chi connectivity index (χ2v) is 11.7. The number of benzene rings is 1. The summed E-state index contributed by atoms with van der Waals surface area (Å²) in [5, 5.41) is 7.47. The summed E-state index contributed by atoms with van der Waals surface area (Å²) in [6.07, 6.45) is 5.87. The van der Waals surface area contributed by atoms with E-state index in [1.807, 2.05) is 27.7 Å². The van der Waals surface area contributed by atoms with Crippen LogP contribution in [-0.2, 0) is 20.3 Å². The quantitative estimate of drug-likeness (QED) is 0.295. The van der Waals surface area contributed by atoms with Crippen molar-refractivity contribution in [3.8, 4) is 5.69 Å². The molecule has 0 saturated carbocycles. The number of hydrogen-bond acceptors (Lipinski definition) is 7.